The zero-order chi connectivity index (χ0) is 38.0. The van der Waals surface area contributed by atoms with E-state index in [9.17, 15) is 32.6 Å². The fraction of sp³-hybridized carbons (Fsp3) is 0.500. The van der Waals surface area contributed by atoms with E-state index in [1.165, 1.54) is 38.6 Å². The highest BCUT2D eigenvalue weighted by atomic mass is 31.2. The monoisotopic (exact) mass is 748 g/mol. The van der Waals surface area contributed by atoms with Crippen LogP contribution in [0.5, 0.6) is 5.75 Å². The topological polar surface area (TPSA) is 155 Å². The van der Waals surface area contributed by atoms with Crippen LogP contribution in [0.2, 0.25) is 0 Å². The Balaban J connectivity index is 1.33. The summed E-state index contributed by atoms with van der Waals surface area (Å²) in [4.78, 5) is 38.2. The van der Waals surface area contributed by atoms with Gasteiger partial charge in [0.1, 0.15) is 35.6 Å². The Bertz CT molecular complexity index is 1830. The van der Waals surface area contributed by atoms with Crippen LogP contribution in [0.25, 0.3) is 0 Å². The van der Waals surface area contributed by atoms with Crippen molar-refractivity contribution in [2.45, 2.75) is 51.4 Å². The Hall–Kier alpha value is -4.63. The average molecular weight is 749 g/mol. The number of carbonyl (C=O) groups excluding carboxylic acids is 1. The van der Waals surface area contributed by atoms with Gasteiger partial charge in [0.25, 0.3) is 5.69 Å². The number of nitro benzene ring substituents is 1. The maximum Gasteiger partial charge on any atom is 0.421 e. The summed E-state index contributed by atoms with van der Waals surface area (Å²) in [5.41, 5.74) is -1.34. The van der Waals surface area contributed by atoms with E-state index < -0.39 is 35.2 Å². The van der Waals surface area contributed by atoms with Crippen LogP contribution >= 0.6 is 7.14 Å². The molecule has 0 spiro atoms. The molecule has 2 saturated heterocycles. The number of alkyl halides is 3. The highest BCUT2D eigenvalue weighted by Crippen LogP contribution is 2.42. The van der Waals surface area contributed by atoms with Gasteiger partial charge < -0.3 is 34.5 Å². The number of anilines is 5. The number of amides is 1. The number of halogens is 3. The number of hydrogen-bond acceptors (Lipinski definition) is 12. The molecule has 0 aliphatic carbocycles. The molecule has 2 fully saturated rings. The van der Waals surface area contributed by atoms with Crippen LogP contribution in [0.4, 0.5) is 52.5 Å². The van der Waals surface area contributed by atoms with Crippen LogP contribution in [0.1, 0.15) is 39.2 Å². The third-order valence-electron chi connectivity index (χ3n) is 8.86. The molecule has 0 unspecified atom stereocenters. The first-order valence-electron chi connectivity index (χ1n) is 16.8. The summed E-state index contributed by atoms with van der Waals surface area (Å²) < 4.78 is 66.0. The average Bonchev–Trinajstić information content (AvgIpc) is 3.07. The van der Waals surface area contributed by atoms with E-state index in [1.807, 2.05) is 25.7 Å². The molecule has 2 aliphatic heterocycles. The molecule has 0 atom stereocenters. The van der Waals surface area contributed by atoms with Crippen molar-refractivity contribution in [3.05, 3.63) is 58.3 Å². The molecule has 1 amide bonds. The van der Waals surface area contributed by atoms with Gasteiger partial charge in [0, 0.05) is 68.9 Å². The second-order valence-corrected chi connectivity index (χ2v) is 17.3. The highest BCUT2D eigenvalue weighted by molar-refractivity contribution is 7.70. The molecule has 0 radical (unpaired) electrons. The van der Waals surface area contributed by atoms with Crippen molar-refractivity contribution < 1.29 is 36.9 Å². The molecule has 2 N–H and O–H groups in total. The molecule has 0 saturated carbocycles. The number of nitrogens with zero attached hydrogens (tertiary/aromatic N) is 6. The minimum atomic E-state index is -4.82. The van der Waals surface area contributed by atoms with Crippen LogP contribution in [0, 0.1) is 10.1 Å². The molecule has 52 heavy (non-hydrogen) atoms. The number of hydrogen-bond donors (Lipinski definition) is 2. The summed E-state index contributed by atoms with van der Waals surface area (Å²) in [6.45, 7) is 12.1. The Kier molecular flexibility index (Phi) is 11.2. The first-order valence-corrected chi connectivity index (χ1v) is 19.4. The number of carbonyl (C=O) groups is 1. The summed E-state index contributed by atoms with van der Waals surface area (Å²) in [7, 11) is -1.51. The van der Waals surface area contributed by atoms with Gasteiger partial charge in [0.05, 0.1) is 23.4 Å². The lowest BCUT2D eigenvalue weighted by atomic mass is 10.0. The molecule has 2 aliphatic rings. The third-order valence-corrected chi connectivity index (χ3v) is 10.4. The number of piperidine rings is 1. The predicted octanol–water partition coefficient (Wildman–Crippen LogP) is 6.67. The van der Waals surface area contributed by atoms with Crippen LogP contribution in [-0.2, 0) is 15.5 Å². The summed E-state index contributed by atoms with van der Waals surface area (Å²) in [6.07, 6.45) is -3.05. The number of nitrogens with one attached hydrogen (secondary N) is 2. The van der Waals surface area contributed by atoms with Crippen LogP contribution < -0.4 is 25.6 Å². The number of nitro groups is 1. The van der Waals surface area contributed by atoms with E-state index >= 15 is 0 Å². The molecule has 0 bridgehead atoms. The normalized spacial score (nSPS) is 16.4. The van der Waals surface area contributed by atoms with Gasteiger partial charge in [0.15, 0.2) is 0 Å². The molecule has 282 valence electrons. The zero-order valence-electron chi connectivity index (χ0n) is 30.0. The van der Waals surface area contributed by atoms with Crippen molar-refractivity contribution in [1.29, 1.82) is 0 Å². The number of para-hydroxylation sites is 1. The number of rotatable bonds is 9. The molecular weight excluding hydrogens is 704 g/mol. The van der Waals surface area contributed by atoms with Gasteiger partial charge >= 0.3 is 12.3 Å². The van der Waals surface area contributed by atoms with Crippen LogP contribution in [0.3, 0.4) is 0 Å². The Morgan fingerprint density at radius 3 is 2.23 bits per heavy atom. The number of aromatic nitrogens is 2. The minimum absolute atomic E-state index is 0.0772. The summed E-state index contributed by atoms with van der Waals surface area (Å²) in [6, 6.07) is 9.33. The Morgan fingerprint density at radius 1 is 1.00 bits per heavy atom. The van der Waals surface area contributed by atoms with E-state index in [-0.39, 0.29) is 40.9 Å². The van der Waals surface area contributed by atoms with Gasteiger partial charge in [-0.2, -0.15) is 18.2 Å². The lowest BCUT2D eigenvalue weighted by Gasteiger charge is -2.43. The van der Waals surface area contributed by atoms with Crippen molar-refractivity contribution >= 4 is 53.1 Å². The highest BCUT2D eigenvalue weighted by Gasteiger charge is 2.36. The first kappa shape index (κ1) is 38.6. The molecule has 2 aromatic carbocycles. The maximum atomic E-state index is 14.0. The van der Waals surface area contributed by atoms with E-state index in [4.69, 9.17) is 9.47 Å². The van der Waals surface area contributed by atoms with Gasteiger partial charge in [-0.15, -0.1) is 0 Å². The number of ether oxygens (including phenoxy) is 2. The molecule has 14 nitrogen and oxygen atoms in total. The largest absolute Gasteiger partial charge is 0.494 e. The van der Waals surface area contributed by atoms with E-state index in [1.54, 1.807) is 23.1 Å². The van der Waals surface area contributed by atoms with Crippen LogP contribution in [-0.4, -0.2) is 102 Å². The van der Waals surface area contributed by atoms with E-state index in [0.717, 1.165) is 12.8 Å². The Morgan fingerprint density at radius 2 is 1.65 bits per heavy atom. The van der Waals surface area contributed by atoms with Gasteiger partial charge in [-0.1, -0.05) is 12.1 Å². The molecule has 3 heterocycles. The van der Waals surface area contributed by atoms with Gasteiger partial charge in [0.2, 0.25) is 5.95 Å². The maximum absolute atomic E-state index is 14.0. The first-order chi connectivity index (χ1) is 24.3. The van der Waals surface area contributed by atoms with Gasteiger partial charge in [-0.3, -0.25) is 15.0 Å². The van der Waals surface area contributed by atoms with Crippen molar-refractivity contribution in [1.82, 2.24) is 19.8 Å². The smallest absolute Gasteiger partial charge is 0.421 e. The summed E-state index contributed by atoms with van der Waals surface area (Å²) in [5.74, 6) is -0.676. The second kappa shape index (κ2) is 15.2. The summed E-state index contributed by atoms with van der Waals surface area (Å²) >= 11 is 0. The second-order valence-electron chi connectivity index (χ2n) is 14.1. The molecule has 18 heteroatoms. The number of piperazine rings is 1. The van der Waals surface area contributed by atoms with E-state index in [0.29, 0.717) is 56.5 Å². The lowest BCUT2D eigenvalue weighted by Crippen LogP contribution is -2.55. The van der Waals surface area contributed by atoms with Crippen molar-refractivity contribution in [3.63, 3.8) is 0 Å². The fourth-order valence-electron chi connectivity index (χ4n) is 6.33. The van der Waals surface area contributed by atoms with Crippen molar-refractivity contribution in [2.75, 3.05) is 75.2 Å². The van der Waals surface area contributed by atoms with Gasteiger partial charge in [-0.05, 0) is 59.1 Å². The molecule has 3 aromatic rings. The van der Waals surface area contributed by atoms with Crippen molar-refractivity contribution in [2.24, 2.45) is 0 Å². The SMILES string of the molecule is COc1cc(N2CCC(N3CCN(C(=O)OC(C)(C)C)CC3)CC2)c([N+](=O)[O-])cc1Nc1ncc(C(F)(F)F)c(Nc2ccccc2P(C)(C)=O)n1. The van der Waals surface area contributed by atoms with E-state index in [2.05, 4.69) is 25.5 Å². The third kappa shape index (κ3) is 9.23. The number of methoxy groups -OCH3 is 1. The minimum Gasteiger partial charge on any atom is -0.494 e. The van der Waals surface area contributed by atoms with Gasteiger partial charge in [-0.25, -0.2) is 9.78 Å². The Labute approximate surface area is 300 Å². The lowest BCUT2D eigenvalue weighted by molar-refractivity contribution is -0.384. The standard InChI is InChI=1S/C34H44F3N8O6P/c1-33(2,3)51-32(46)44-17-15-42(16-18-44)22-11-13-43(14-12-22)26-20-28(50-4)25(19-27(26)45(47)48)40-31-38-21-23(34(35,36)37)30(41-31)39-24-9-7-8-10-29(24)52(5,6)49/h7-10,19-22H,11-18H2,1-6H3,(H2,38,39,40,41). The fourth-order valence-corrected chi connectivity index (χ4v) is 7.49. The zero-order valence-corrected chi connectivity index (χ0v) is 30.9. The summed E-state index contributed by atoms with van der Waals surface area (Å²) in [5, 5.41) is 18.2. The number of benzene rings is 2. The molecule has 5 rings (SSSR count). The molecule has 1 aromatic heterocycles. The quantitative estimate of drug-likeness (QED) is 0.136. The molecular formula is C34H44F3N8O6P. The van der Waals surface area contributed by atoms with Crippen LogP contribution in [0.15, 0.2) is 42.6 Å². The van der Waals surface area contributed by atoms with Crippen molar-refractivity contribution in [3.8, 4) is 5.75 Å². The predicted molar refractivity (Wildman–Crippen MR) is 193 cm³/mol.